The Morgan fingerprint density at radius 3 is 2.59 bits per heavy atom. The zero-order valence-electron chi connectivity index (χ0n) is 21.6. The number of halogens is 1. The van der Waals surface area contributed by atoms with Gasteiger partial charge in [0.15, 0.2) is 4.80 Å². The van der Waals surface area contributed by atoms with Crippen LogP contribution < -0.4 is 19.8 Å². The van der Waals surface area contributed by atoms with Crippen molar-refractivity contribution in [2.75, 3.05) is 24.6 Å². The fraction of sp³-hybridized carbons (Fsp3) is 0.321. The standard InChI is InChI=1S/C28H27FN4O5S/c1-3-38-27(35)24-17(2)30-28-32(25(24)18-7-9-20(29)10-8-18)26(34)23(39-28)16-19-15-21(33(36)37)11-12-22(19)31-13-5-4-6-14-31/h7-12,15-16,25H,3-6,13-14H2,1-2H3/b23-16+/t25-/m1/s1. The van der Waals surface area contributed by atoms with Gasteiger partial charge < -0.3 is 9.64 Å². The van der Waals surface area contributed by atoms with Crippen LogP contribution in [0.2, 0.25) is 0 Å². The number of nitro benzene ring substituents is 1. The van der Waals surface area contributed by atoms with Gasteiger partial charge in [-0.05, 0) is 62.9 Å². The molecular weight excluding hydrogens is 523 g/mol. The molecule has 0 bridgehead atoms. The molecule has 1 fully saturated rings. The zero-order valence-corrected chi connectivity index (χ0v) is 22.4. The highest BCUT2D eigenvalue weighted by molar-refractivity contribution is 7.07. The summed E-state index contributed by atoms with van der Waals surface area (Å²) in [6.45, 7) is 5.16. The lowest BCUT2D eigenvalue weighted by Crippen LogP contribution is -2.40. The number of anilines is 1. The minimum Gasteiger partial charge on any atom is -0.463 e. The Kier molecular flexibility index (Phi) is 7.42. The summed E-state index contributed by atoms with van der Waals surface area (Å²) in [6.07, 6.45) is 4.83. The molecule has 0 radical (unpaired) electrons. The van der Waals surface area contributed by atoms with Crippen molar-refractivity contribution < 1.29 is 18.8 Å². The lowest BCUT2D eigenvalue weighted by atomic mass is 9.96. The van der Waals surface area contributed by atoms with Gasteiger partial charge in [-0.25, -0.2) is 14.2 Å². The van der Waals surface area contributed by atoms with E-state index in [-0.39, 0.29) is 17.9 Å². The van der Waals surface area contributed by atoms with Gasteiger partial charge in [-0.3, -0.25) is 19.5 Å². The monoisotopic (exact) mass is 550 g/mol. The molecule has 2 aliphatic heterocycles. The summed E-state index contributed by atoms with van der Waals surface area (Å²) in [7, 11) is 0. The van der Waals surface area contributed by atoms with Gasteiger partial charge >= 0.3 is 5.97 Å². The normalized spacial score (nSPS) is 17.6. The van der Waals surface area contributed by atoms with Crippen LogP contribution in [0.1, 0.15) is 50.3 Å². The number of piperidine rings is 1. The number of carbonyl (C=O) groups is 1. The van der Waals surface area contributed by atoms with Crippen molar-refractivity contribution in [3.8, 4) is 0 Å². The molecule has 1 atom stereocenters. The third kappa shape index (κ3) is 5.14. The molecule has 0 saturated carbocycles. The molecule has 1 aromatic heterocycles. The van der Waals surface area contributed by atoms with Gasteiger partial charge in [0.1, 0.15) is 5.82 Å². The van der Waals surface area contributed by atoms with E-state index in [4.69, 9.17) is 4.74 Å². The molecule has 0 N–H and O–H groups in total. The third-order valence-electron chi connectivity index (χ3n) is 6.91. The number of allylic oxidation sites excluding steroid dienone is 1. The van der Waals surface area contributed by atoms with E-state index in [1.807, 2.05) is 0 Å². The van der Waals surface area contributed by atoms with E-state index < -0.39 is 28.3 Å². The Balaban J connectivity index is 1.71. The lowest BCUT2D eigenvalue weighted by molar-refractivity contribution is -0.384. The SMILES string of the molecule is CCOC(=O)C1=C(C)N=c2s/c(=C/c3cc([N+](=O)[O-])ccc3N3CCCCC3)c(=O)n2[C@@H]1c1ccc(F)cc1. The quantitative estimate of drug-likeness (QED) is 0.262. The Hall–Kier alpha value is -4.12. The summed E-state index contributed by atoms with van der Waals surface area (Å²) in [5, 5.41) is 11.6. The van der Waals surface area contributed by atoms with Crippen LogP contribution in [0.5, 0.6) is 0 Å². The lowest BCUT2D eigenvalue weighted by Gasteiger charge is -2.30. The van der Waals surface area contributed by atoms with E-state index in [9.17, 15) is 24.1 Å². The Bertz CT molecular complexity index is 1650. The van der Waals surface area contributed by atoms with Gasteiger partial charge in [0, 0.05) is 36.5 Å². The maximum Gasteiger partial charge on any atom is 0.338 e. The fourth-order valence-corrected chi connectivity index (χ4v) is 6.12. The minimum absolute atomic E-state index is 0.0700. The number of non-ortho nitro benzene ring substituents is 1. The molecule has 9 nitrogen and oxygen atoms in total. The molecule has 2 aliphatic rings. The second-order valence-corrected chi connectivity index (χ2v) is 10.4. The molecule has 3 heterocycles. The molecule has 2 aromatic carbocycles. The number of fused-ring (bicyclic) bond motifs is 1. The van der Waals surface area contributed by atoms with Crippen molar-refractivity contribution in [2.45, 2.75) is 39.2 Å². The molecule has 39 heavy (non-hydrogen) atoms. The van der Waals surface area contributed by atoms with Crippen molar-refractivity contribution in [1.29, 1.82) is 0 Å². The molecule has 5 rings (SSSR count). The molecule has 1 saturated heterocycles. The number of hydrogen-bond donors (Lipinski definition) is 0. The van der Waals surface area contributed by atoms with Crippen LogP contribution in [-0.2, 0) is 9.53 Å². The number of ether oxygens (including phenoxy) is 1. The highest BCUT2D eigenvalue weighted by Gasteiger charge is 2.33. The molecule has 0 amide bonds. The van der Waals surface area contributed by atoms with Gasteiger partial charge in [0.05, 0.1) is 33.4 Å². The first-order chi connectivity index (χ1) is 18.8. The summed E-state index contributed by atoms with van der Waals surface area (Å²) in [5.41, 5.74) is 2.05. The van der Waals surface area contributed by atoms with Gasteiger partial charge in [-0.15, -0.1) is 0 Å². The fourth-order valence-electron chi connectivity index (χ4n) is 5.09. The van der Waals surface area contributed by atoms with Crippen LogP contribution in [0, 0.1) is 15.9 Å². The van der Waals surface area contributed by atoms with Crippen LogP contribution in [0.3, 0.4) is 0 Å². The van der Waals surface area contributed by atoms with Crippen molar-refractivity contribution in [3.63, 3.8) is 0 Å². The summed E-state index contributed by atoms with van der Waals surface area (Å²) in [4.78, 5) is 45.1. The third-order valence-corrected chi connectivity index (χ3v) is 7.89. The average molecular weight is 551 g/mol. The van der Waals surface area contributed by atoms with E-state index in [1.165, 1.54) is 41.0 Å². The molecular formula is C28H27FN4O5S. The largest absolute Gasteiger partial charge is 0.463 e. The molecule has 0 aliphatic carbocycles. The van der Waals surface area contributed by atoms with Crippen LogP contribution in [0.4, 0.5) is 15.8 Å². The maximum atomic E-state index is 13.9. The summed E-state index contributed by atoms with van der Waals surface area (Å²) in [5.74, 6) is -1.05. The van der Waals surface area contributed by atoms with E-state index in [1.54, 1.807) is 26.0 Å². The van der Waals surface area contributed by atoms with Crippen molar-refractivity contribution in [1.82, 2.24) is 4.57 Å². The Morgan fingerprint density at radius 1 is 1.21 bits per heavy atom. The topological polar surface area (TPSA) is 107 Å². The summed E-state index contributed by atoms with van der Waals surface area (Å²) >= 11 is 1.14. The predicted molar refractivity (Wildman–Crippen MR) is 146 cm³/mol. The van der Waals surface area contributed by atoms with Crippen molar-refractivity contribution in [3.05, 3.63) is 100 Å². The van der Waals surface area contributed by atoms with Gasteiger partial charge in [0.25, 0.3) is 11.2 Å². The number of thiazole rings is 1. The smallest absolute Gasteiger partial charge is 0.338 e. The number of nitro groups is 1. The number of rotatable bonds is 6. The van der Waals surface area contributed by atoms with Crippen LogP contribution in [0.15, 0.2) is 63.5 Å². The first-order valence-corrected chi connectivity index (χ1v) is 13.6. The predicted octanol–water partition coefficient (Wildman–Crippen LogP) is 3.84. The second-order valence-electron chi connectivity index (χ2n) is 9.40. The molecule has 202 valence electrons. The van der Waals surface area contributed by atoms with Crippen LogP contribution >= 0.6 is 11.3 Å². The van der Waals surface area contributed by atoms with E-state index in [0.717, 1.165) is 49.4 Å². The number of benzene rings is 2. The summed E-state index contributed by atoms with van der Waals surface area (Å²) in [6, 6.07) is 9.44. The highest BCUT2D eigenvalue weighted by atomic mass is 32.1. The van der Waals surface area contributed by atoms with Crippen molar-refractivity contribution >= 4 is 34.8 Å². The van der Waals surface area contributed by atoms with Gasteiger partial charge in [-0.1, -0.05) is 23.5 Å². The van der Waals surface area contributed by atoms with E-state index in [2.05, 4.69) is 9.89 Å². The number of nitrogens with zero attached hydrogens (tertiary/aromatic N) is 4. The van der Waals surface area contributed by atoms with Crippen LogP contribution in [0.25, 0.3) is 6.08 Å². The van der Waals surface area contributed by atoms with E-state index in [0.29, 0.717) is 26.2 Å². The first kappa shape index (κ1) is 26.5. The van der Waals surface area contributed by atoms with Crippen molar-refractivity contribution in [2.24, 2.45) is 4.99 Å². The zero-order chi connectivity index (χ0) is 27.7. The molecule has 0 spiro atoms. The maximum absolute atomic E-state index is 13.9. The average Bonchev–Trinajstić information content (AvgIpc) is 3.23. The number of hydrogen-bond acceptors (Lipinski definition) is 8. The van der Waals surface area contributed by atoms with Gasteiger partial charge in [0.2, 0.25) is 0 Å². The highest BCUT2D eigenvalue weighted by Crippen LogP contribution is 2.31. The molecule has 0 unspecified atom stereocenters. The Morgan fingerprint density at radius 2 is 1.92 bits per heavy atom. The Labute approximate surface area is 227 Å². The van der Waals surface area contributed by atoms with E-state index >= 15 is 0 Å². The van der Waals surface area contributed by atoms with Gasteiger partial charge in [-0.2, -0.15) is 0 Å². The number of esters is 1. The van der Waals surface area contributed by atoms with Crippen LogP contribution in [-0.4, -0.2) is 35.2 Å². The summed E-state index contributed by atoms with van der Waals surface area (Å²) < 4.78 is 20.8. The molecule has 3 aromatic rings. The first-order valence-electron chi connectivity index (χ1n) is 12.8. The number of carbonyl (C=O) groups excluding carboxylic acids is 1. The number of aromatic nitrogens is 1. The second kappa shape index (κ2) is 10.9. The molecule has 11 heteroatoms. The minimum atomic E-state index is -0.866.